The fraction of sp³-hybridized carbons (Fsp3) is 0.375. The van der Waals surface area contributed by atoms with Crippen LogP contribution in [0.15, 0.2) is 35.1 Å². The van der Waals surface area contributed by atoms with Gasteiger partial charge in [-0.3, -0.25) is 4.79 Å². The van der Waals surface area contributed by atoms with Crippen LogP contribution in [-0.4, -0.2) is 28.1 Å². The molecule has 1 aromatic carbocycles. The third kappa shape index (κ3) is 5.06. The molecular formula is C16H19BrFN3O2. The normalized spacial score (nSPS) is 12.0. The number of aromatic nitrogens is 2. The summed E-state index contributed by atoms with van der Waals surface area (Å²) in [6, 6.07) is 4.08. The number of rotatable bonds is 7. The van der Waals surface area contributed by atoms with Crippen LogP contribution in [0.1, 0.15) is 19.2 Å². The molecule has 7 heteroatoms. The zero-order chi connectivity index (χ0) is 16.8. The monoisotopic (exact) mass is 383 g/mol. The molecule has 1 unspecified atom stereocenters. The summed E-state index contributed by atoms with van der Waals surface area (Å²) in [5, 5.41) is 2.83. The van der Waals surface area contributed by atoms with Crippen LogP contribution in [0, 0.1) is 12.7 Å². The molecule has 0 aliphatic heterocycles. The Labute approximate surface area is 143 Å². The third-order valence-corrected chi connectivity index (χ3v) is 3.99. The molecule has 0 aliphatic carbocycles. The van der Waals surface area contributed by atoms with Gasteiger partial charge in [-0.05, 0) is 54.4 Å². The van der Waals surface area contributed by atoms with E-state index < -0.39 is 6.10 Å². The lowest BCUT2D eigenvalue weighted by atomic mass is 10.3. The molecule has 0 bridgehead atoms. The number of amides is 1. The highest BCUT2D eigenvalue weighted by molar-refractivity contribution is 9.10. The predicted octanol–water partition coefficient (Wildman–Crippen LogP) is 3.07. The van der Waals surface area contributed by atoms with Crippen LogP contribution in [-0.2, 0) is 11.3 Å². The minimum Gasteiger partial charge on any atom is -0.480 e. The van der Waals surface area contributed by atoms with Crippen LogP contribution in [0.25, 0.3) is 0 Å². The first-order valence-electron chi connectivity index (χ1n) is 7.34. The molecule has 0 saturated carbocycles. The standard InChI is InChI=1S/C16H19BrFN3O2/c1-11(23-15-5-4-13(18)10-14(15)17)16(22)20-6-3-8-21-9-7-19-12(21)2/h4-5,7,9-11H,3,6,8H2,1-2H3,(H,20,22). The Hall–Kier alpha value is -1.89. The Morgan fingerprint density at radius 1 is 1.52 bits per heavy atom. The molecule has 1 aromatic heterocycles. The molecule has 0 radical (unpaired) electrons. The molecule has 23 heavy (non-hydrogen) atoms. The molecule has 124 valence electrons. The van der Waals surface area contributed by atoms with E-state index in [1.807, 2.05) is 17.7 Å². The zero-order valence-corrected chi connectivity index (χ0v) is 14.6. The Balaban J connectivity index is 1.75. The summed E-state index contributed by atoms with van der Waals surface area (Å²) in [5.41, 5.74) is 0. The highest BCUT2D eigenvalue weighted by Gasteiger charge is 2.15. The van der Waals surface area contributed by atoms with E-state index >= 15 is 0 Å². The number of ether oxygens (including phenoxy) is 1. The Bertz CT molecular complexity index is 675. The van der Waals surface area contributed by atoms with Crippen LogP contribution in [0.3, 0.4) is 0 Å². The molecule has 0 aliphatic rings. The molecule has 1 amide bonds. The summed E-state index contributed by atoms with van der Waals surface area (Å²) in [5.74, 6) is 0.817. The molecule has 0 spiro atoms. The van der Waals surface area contributed by atoms with Gasteiger partial charge in [-0.1, -0.05) is 0 Å². The molecular weight excluding hydrogens is 365 g/mol. The molecule has 2 aromatic rings. The highest BCUT2D eigenvalue weighted by Crippen LogP contribution is 2.26. The van der Waals surface area contributed by atoms with Crippen molar-refractivity contribution in [1.82, 2.24) is 14.9 Å². The molecule has 2 rings (SSSR count). The van der Waals surface area contributed by atoms with Gasteiger partial charge in [0.2, 0.25) is 0 Å². The van der Waals surface area contributed by atoms with Gasteiger partial charge in [0.15, 0.2) is 6.10 Å². The van der Waals surface area contributed by atoms with Crippen LogP contribution in [0.5, 0.6) is 5.75 Å². The second-order valence-corrected chi connectivity index (χ2v) is 6.00. The molecule has 1 N–H and O–H groups in total. The van der Waals surface area contributed by atoms with Crippen LogP contribution in [0.2, 0.25) is 0 Å². The van der Waals surface area contributed by atoms with Crippen LogP contribution in [0.4, 0.5) is 4.39 Å². The van der Waals surface area contributed by atoms with Gasteiger partial charge in [0.25, 0.3) is 5.91 Å². The maximum absolute atomic E-state index is 13.0. The second-order valence-electron chi connectivity index (χ2n) is 5.15. The lowest BCUT2D eigenvalue weighted by Crippen LogP contribution is -2.37. The van der Waals surface area contributed by atoms with Crippen molar-refractivity contribution in [2.24, 2.45) is 0 Å². The SMILES string of the molecule is Cc1nccn1CCCNC(=O)C(C)Oc1ccc(F)cc1Br. The van der Waals surface area contributed by atoms with E-state index in [0.29, 0.717) is 16.8 Å². The molecule has 0 fully saturated rings. The van der Waals surface area contributed by atoms with E-state index in [-0.39, 0.29) is 11.7 Å². The van der Waals surface area contributed by atoms with E-state index in [9.17, 15) is 9.18 Å². The van der Waals surface area contributed by atoms with Gasteiger partial charge in [-0.2, -0.15) is 0 Å². The Kier molecular flexibility index (Phi) is 6.15. The summed E-state index contributed by atoms with van der Waals surface area (Å²) in [6.45, 7) is 4.94. The van der Waals surface area contributed by atoms with Gasteiger partial charge in [0.05, 0.1) is 4.47 Å². The first-order valence-corrected chi connectivity index (χ1v) is 8.14. The third-order valence-electron chi connectivity index (χ3n) is 3.37. The van der Waals surface area contributed by atoms with Crippen LogP contribution >= 0.6 is 15.9 Å². The Morgan fingerprint density at radius 2 is 2.30 bits per heavy atom. The van der Waals surface area contributed by atoms with E-state index in [2.05, 4.69) is 26.2 Å². The molecule has 1 heterocycles. The first kappa shape index (κ1) is 17.5. The number of benzene rings is 1. The average Bonchev–Trinajstić information content (AvgIpc) is 2.91. The van der Waals surface area contributed by atoms with Gasteiger partial charge in [-0.15, -0.1) is 0 Å². The number of carbonyl (C=O) groups is 1. The van der Waals surface area contributed by atoms with Crippen molar-refractivity contribution >= 4 is 21.8 Å². The van der Waals surface area contributed by atoms with E-state index in [0.717, 1.165) is 18.8 Å². The smallest absolute Gasteiger partial charge is 0.260 e. The van der Waals surface area contributed by atoms with Gasteiger partial charge < -0.3 is 14.6 Å². The lowest BCUT2D eigenvalue weighted by molar-refractivity contribution is -0.127. The summed E-state index contributed by atoms with van der Waals surface area (Å²) in [7, 11) is 0. The largest absolute Gasteiger partial charge is 0.480 e. The maximum Gasteiger partial charge on any atom is 0.260 e. The van der Waals surface area contributed by atoms with Gasteiger partial charge >= 0.3 is 0 Å². The Morgan fingerprint density at radius 3 is 2.96 bits per heavy atom. The second kappa shape index (κ2) is 8.10. The highest BCUT2D eigenvalue weighted by atomic mass is 79.9. The van der Waals surface area contributed by atoms with Crippen molar-refractivity contribution in [2.45, 2.75) is 32.9 Å². The van der Waals surface area contributed by atoms with Crippen molar-refractivity contribution < 1.29 is 13.9 Å². The summed E-state index contributed by atoms with van der Waals surface area (Å²) >= 11 is 3.21. The van der Waals surface area contributed by atoms with Gasteiger partial charge in [0, 0.05) is 25.5 Å². The topological polar surface area (TPSA) is 56.2 Å². The lowest BCUT2D eigenvalue weighted by Gasteiger charge is -2.16. The number of halogens is 2. The maximum atomic E-state index is 13.0. The number of aryl methyl sites for hydroxylation is 2. The van der Waals surface area contributed by atoms with Crippen molar-refractivity contribution in [3.63, 3.8) is 0 Å². The summed E-state index contributed by atoms with van der Waals surface area (Å²) in [4.78, 5) is 16.2. The fourth-order valence-electron chi connectivity index (χ4n) is 2.06. The zero-order valence-electron chi connectivity index (χ0n) is 13.1. The van der Waals surface area contributed by atoms with E-state index in [1.165, 1.54) is 18.2 Å². The number of hydrogen-bond donors (Lipinski definition) is 1. The fourth-order valence-corrected chi connectivity index (χ4v) is 2.50. The van der Waals surface area contributed by atoms with Crippen molar-refractivity contribution in [3.05, 3.63) is 46.7 Å². The molecule has 1 atom stereocenters. The minimum absolute atomic E-state index is 0.205. The van der Waals surface area contributed by atoms with Gasteiger partial charge in [-0.25, -0.2) is 9.37 Å². The minimum atomic E-state index is -0.660. The number of nitrogens with zero attached hydrogens (tertiary/aromatic N) is 2. The first-order chi connectivity index (χ1) is 11.0. The number of carbonyl (C=O) groups excluding carboxylic acids is 1. The van der Waals surface area contributed by atoms with Gasteiger partial charge in [0.1, 0.15) is 17.4 Å². The van der Waals surface area contributed by atoms with E-state index in [1.54, 1.807) is 13.1 Å². The summed E-state index contributed by atoms with van der Waals surface area (Å²) < 4.78 is 21.1. The van der Waals surface area contributed by atoms with E-state index in [4.69, 9.17) is 4.74 Å². The van der Waals surface area contributed by atoms with Crippen molar-refractivity contribution in [2.75, 3.05) is 6.54 Å². The van der Waals surface area contributed by atoms with Crippen molar-refractivity contribution in [1.29, 1.82) is 0 Å². The quantitative estimate of drug-likeness (QED) is 0.747. The molecule has 0 saturated heterocycles. The number of nitrogens with one attached hydrogen (secondary N) is 1. The van der Waals surface area contributed by atoms with Crippen LogP contribution < -0.4 is 10.1 Å². The predicted molar refractivity (Wildman–Crippen MR) is 88.8 cm³/mol. The summed E-state index contributed by atoms with van der Waals surface area (Å²) in [6.07, 6.45) is 3.81. The van der Waals surface area contributed by atoms with Crippen molar-refractivity contribution in [3.8, 4) is 5.75 Å². The molecule has 5 nitrogen and oxygen atoms in total. The average molecular weight is 384 g/mol. The number of hydrogen-bond acceptors (Lipinski definition) is 3. The number of imidazole rings is 1.